The minimum Gasteiger partial charge on any atom is -0.481 e. The standard InChI is InChI=1S/C8H12N4O2S/c13-7(14)5-2-1-3-6(4-5)12-8(15)9-10-11-12/h5-6H,1-4H2,(H,13,14)(H,9,11,15). The number of nitrogens with zero attached hydrogens (tertiary/aromatic N) is 3. The van der Waals surface area contributed by atoms with Crippen LogP contribution in [0.4, 0.5) is 0 Å². The lowest BCUT2D eigenvalue weighted by molar-refractivity contribution is -0.143. The molecule has 0 radical (unpaired) electrons. The molecule has 1 aliphatic carbocycles. The van der Waals surface area contributed by atoms with Crippen molar-refractivity contribution in [3.8, 4) is 0 Å². The quantitative estimate of drug-likeness (QED) is 0.742. The zero-order valence-electron chi connectivity index (χ0n) is 8.09. The largest absolute Gasteiger partial charge is 0.481 e. The number of H-pyrrole nitrogens is 1. The monoisotopic (exact) mass is 228 g/mol. The van der Waals surface area contributed by atoms with Gasteiger partial charge in [-0.3, -0.25) is 4.79 Å². The first-order valence-electron chi connectivity index (χ1n) is 4.91. The Balaban J connectivity index is 2.14. The van der Waals surface area contributed by atoms with Crippen LogP contribution in [-0.4, -0.2) is 31.3 Å². The summed E-state index contributed by atoms with van der Waals surface area (Å²) in [7, 11) is 0. The first-order chi connectivity index (χ1) is 7.18. The van der Waals surface area contributed by atoms with E-state index in [1.54, 1.807) is 4.68 Å². The number of tetrazole rings is 1. The first-order valence-corrected chi connectivity index (χ1v) is 5.31. The van der Waals surface area contributed by atoms with E-state index in [0.29, 0.717) is 11.2 Å². The Kier molecular flexibility index (Phi) is 2.81. The molecule has 0 aliphatic heterocycles. The van der Waals surface area contributed by atoms with Crippen LogP contribution in [0, 0.1) is 10.7 Å². The molecule has 1 saturated carbocycles. The number of carboxylic acids is 1. The number of hydrogen-bond acceptors (Lipinski definition) is 4. The number of nitrogens with one attached hydrogen (secondary N) is 1. The Morgan fingerprint density at radius 3 is 3.00 bits per heavy atom. The highest BCUT2D eigenvalue weighted by atomic mass is 32.1. The molecule has 7 heteroatoms. The van der Waals surface area contributed by atoms with Crippen molar-refractivity contribution in [2.75, 3.05) is 0 Å². The average molecular weight is 228 g/mol. The van der Waals surface area contributed by atoms with E-state index < -0.39 is 5.97 Å². The molecular weight excluding hydrogens is 216 g/mol. The third-order valence-electron chi connectivity index (χ3n) is 2.86. The maximum atomic E-state index is 10.9. The van der Waals surface area contributed by atoms with E-state index in [2.05, 4.69) is 15.5 Å². The molecule has 0 aromatic carbocycles. The zero-order chi connectivity index (χ0) is 10.8. The van der Waals surface area contributed by atoms with E-state index >= 15 is 0 Å². The number of carbonyl (C=O) groups is 1. The maximum absolute atomic E-state index is 10.9. The van der Waals surface area contributed by atoms with Gasteiger partial charge in [0, 0.05) is 0 Å². The van der Waals surface area contributed by atoms with Gasteiger partial charge in [-0.25, -0.2) is 4.68 Å². The van der Waals surface area contributed by atoms with Crippen LogP contribution in [0.1, 0.15) is 31.7 Å². The lowest BCUT2D eigenvalue weighted by atomic mass is 9.86. The van der Waals surface area contributed by atoms with Crippen molar-refractivity contribution in [1.82, 2.24) is 20.2 Å². The molecule has 1 aliphatic rings. The fourth-order valence-corrected chi connectivity index (χ4v) is 2.30. The summed E-state index contributed by atoms with van der Waals surface area (Å²) in [6, 6.07) is 0.0994. The molecule has 82 valence electrons. The molecular formula is C8H12N4O2S. The van der Waals surface area contributed by atoms with E-state index in [9.17, 15) is 4.79 Å². The SMILES string of the molecule is O=C(O)C1CCCC(n2[nH]nnc2=S)C1. The van der Waals surface area contributed by atoms with E-state index in [0.717, 1.165) is 19.3 Å². The van der Waals surface area contributed by atoms with Gasteiger partial charge in [-0.1, -0.05) is 16.7 Å². The van der Waals surface area contributed by atoms with Gasteiger partial charge < -0.3 is 5.11 Å². The Morgan fingerprint density at radius 1 is 1.60 bits per heavy atom. The van der Waals surface area contributed by atoms with Gasteiger partial charge in [0.1, 0.15) is 0 Å². The van der Waals surface area contributed by atoms with Crippen molar-refractivity contribution in [1.29, 1.82) is 0 Å². The number of carboxylic acid groups (broad SMARTS) is 1. The fraction of sp³-hybridized carbons (Fsp3) is 0.750. The molecule has 15 heavy (non-hydrogen) atoms. The van der Waals surface area contributed by atoms with Crippen LogP contribution in [0.15, 0.2) is 0 Å². The first kappa shape index (κ1) is 10.3. The Labute approximate surface area is 91.3 Å². The smallest absolute Gasteiger partial charge is 0.306 e. The molecule has 1 fully saturated rings. The molecule has 0 bridgehead atoms. The van der Waals surface area contributed by atoms with Gasteiger partial charge in [-0.05, 0) is 31.5 Å². The predicted molar refractivity (Wildman–Crippen MR) is 53.8 cm³/mol. The zero-order valence-corrected chi connectivity index (χ0v) is 8.90. The summed E-state index contributed by atoms with van der Waals surface area (Å²) < 4.78 is 2.08. The summed E-state index contributed by atoms with van der Waals surface area (Å²) in [5.41, 5.74) is 0. The fourth-order valence-electron chi connectivity index (χ4n) is 2.06. The van der Waals surface area contributed by atoms with Crippen molar-refractivity contribution in [2.45, 2.75) is 31.7 Å². The Morgan fingerprint density at radius 2 is 2.40 bits per heavy atom. The van der Waals surface area contributed by atoms with Crippen molar-refractivity contribution >= 4 is 18.2 Å². The van der Waals surface area contributed by atoms with Gasteiger partial charge in [0.2, 0.25) is 4.77 Å². The van der Waals surface area contributed by atoms with Crippen molar-refractivity contribution in [3.63, 3.8) is 0 Å². The van der Waals surface area contributed by atoms with Gasteiger partial charge in [0.05, 0.1) is 12.0 Å². The minimum atomic E-state index is -0.723. The topological polar surface area (TPSA) is 83.8 Å². The summed E-state index contributed by atoms with van der Waals surface area (Å²) in [4.78, 5) is 10.9. The van der Waals surface area contributed by atoms with Crippen molar-refractivity contribution in [2.24, 2.45) is 5.92 Å². The highest BCUT2D eigenvalue weighted by Gasteiger charge is 2.28. The summed E-state index contributed by atoms with van der Waals surface area (Å²) >= 11 is 4.98. The van der Waals surface area contributed by atoms with E-state index in [1.807, 2.05) is 0 Å². The molecule has 2 N–H and O–H groups in total. The van der Waals surface area contributed by atoms with Crippen LogP contribution < -0.4 is 0 Å². The molecule has 0 spiro atoms. The molecule has 1 heterocycles. The third kappa shape index (κ3) is 2.06. The molecule has 2 unspecified atom stereocenters. The number of aromatic amines is 1. The minimum absolute atomic E-state index is 0.0994. The molecule has 0 saturated heterocycles. The summed E-state index contributed by atoms with van der Waals surface area (Å²) in [6.45, 7) is 0. The Bertz CT molecular complexity index is 413. The van der Waals surface area contributed by atoms with Crippen LogP contribution in [0.5, 0.6) is 0 Å². The number of hydrogen-bond donors (Lipinski definition) is 2. The lowest BCUT2D eigenvalue weighted by Gasteiger charge is -2.26. The second kappa shape index (κ2) is 4.09. The van der Waals surface area contributed by atoms with Gasteiger partial charge >= 0.3 is 5.97 Å². The molecule has 0 amide bonds. The van der Waals surface area contributed by atoms with E-state index in [-0.39, 0.29) is 12.0 Å². The molecule has 1 aromatic heterocycles. The van der Waals surface area contributed by atoms with E-state index in [1.165, 1.54) is 0 Å². The van der Waals surface area contributed by atoms with Crippen LogP contribution in [0.2, 0.25) is 0 Å². The predicted octanol–water partition coefficient (Wildman–Crippen LogP) is 1.15. The van der Waals surface area contributed by atoms with Crippen molar-refractivity contribution < 1.29 is 9.90 Å². The number of rotatable bonds is 2. The van der Waals surface area contributed by atoms with Crippen LogP contribution in [-0.2, 0) is 4.79 Å². The molecule has 2 rings (SSSR count). The van der Waals surface area contributed by atoms with Crippen LogP contribution in [0.25, 0.3) is 0 Å². The maximum Gasteiger partial charge on any atom is 0.306 e. The van der Waals surface area contributed by atoms with Crippen molar-refractivity contribution in [3.05, 3.63) is 4.77 Å². The summed E-state index contributed by atoms with van der Waals surface area (Å²) in [5.74, 6) is -0.993. The molecule has 2 atom stereocenters. The lowest BCUT2D eigenvalue weighted by Crippen LogP contribution is -2.25. The highest BCUT2D eigenvalue weighted by molar-refractivity contribution is 7.71. The molecule has 1 aromatic rings. The van der Waals surface area contributed by atoms with E-state index in [4.69, 9.17) is 17.3 Å². The summed E-state index contributed by atoms with van der Waals surface area (Å²) in [6.07, 6.45) is 3.19. The average Bonchev–Trinajstić information content (AvgIpc) is 2.64. The second-order valence-electron chi connectivity index (χ2n) is 3.81. The van der Waals surface area contributed by atoms with Crippen LogP contribution >= 0.6 is 12.2 Å². The van der Waals surface area contributed by atoms with Gasteiger partial charge in [-0.15, -0.1) is 0 Å². The van der Waals surface area contributed by atoms with Crippen LogP contribution in [0.3, 0.4) is 0 Å². The number of aliphatic carboxylic acids is 1. The Hall–Kier alpha value is -1.24. The van der Waals surface area contributed by atoms with Gasteiger partial charge in [0.15, 0.2) is 0 Å². The normalized spacial score (nSPS) is 26.4. The number of aromatic nitrogens is 4. The highest BCUT2D eigenvalue weighted by Crippen LogP contribution is 2.31. The van der Waals surface area contributed by atoms with Gasteiger partial charge in [-0.2, -0.15) is 5.21 Å². The summed E-state index contributed by atoms with van der Waals surface area (Å²) in [5, 5.41) is 18.9. The molecule has 6 nitrogen and oxygen atoms in total. The third-order valence-corrected chi connectivity index (χ3v) is 3.13. The second-order valence-corrected chi connectivity index (χ2v) is 4.17. The van der Waals surface area contributed by atoms with Gasteiger partial charge in [0.25, 0.3) is 0 Å².